The van der Waals surface area contributed by atoms with Gasteiger partial charge in [-0.3, -0.25) is 0 Å². The summed E-state index contributed by atoms with van der Waals surface area (Å²) >= 11 is 0. The molecule has 1 heterocycles. The topological polar surface area (TPSA) is 77.2 Å². The standard InChI is InChI=1S/C15H27N3O2.C3H8O.2C2H6/c1-12(2)8-9-20-15(4,5)11-18-10-14(16-17-18)7-6-13(3)19;1-2-3-4;2*1-2/h10,12H,6-9,11H2,1-5H3;4H,2-3H2,1H3;2*1-2H3. The van der Waals surface area contributed by atoms with Crippen LogP contribution in [-0.2, 0) is 22.5 Å². The van der Waals surface area contributed by atoms with Crippen molar-refractivity contribution in [3.63, 3.8) is 0 Å². The molecule has 28 heavy (non-hydrogen) atoms. The molecule has 6 heteroatoms. The molecule has 1 N–H and O–H groups in total. The highest BCUT2D eigenvalue weighted by Crippen LogP contribution is 2.14. The first-order valence-electron chi connectivity index (χ1n) is 10.8. The summed E-state index contributed by atoms with van der Waals surface area (Å²) in [6.45, 7) is 21.8. The van der Waals surface area contributed by atoms with Gasteiger partial charge in [0.2, 0.25) is 0 Å². The molecule has 0 bridgehead atoms. The first kappa shape index (κ1) is 31.4. The summed E-state index contributed by atoms with van der Waals surface area (Å²) < 4.78 is 7.71. The quantitative estimate of drug-likeness (QED) is 0.591. The van der Waals surface area contributed by atoms with Crippen LogP contribution in [0.1, 0.15) is 94.2 Å². The van der Waals surface area contributed by atoms with E-state index in [4.69, 9.17) is 9.84 Å². The minimum absolute atomic E-state index is 0.178. The minimum atomic E-state index is -0.263. The molecular weight excluding hydrogens is 354 g/mol. The highest BCUT2D eigenvalue weighted by molar-refractivity contribution is 5.75. The molecule has 0 saturated carbocycles. The van der Waals surface area contributed by atoms with Crippen molar-refractivity contribution in [2.45, 2.75) is 107 Å². The molecule has 0 unspecified atom stereocenters. The van der Waals surface area contributed by atoms with E-state index in [1.807, 2.05) is 40.8 Å². The highest BCUT2D eigenvalue weighted by Gasteiger charge is 2.20. The number of Topliss-reactive ketones (excluding diaryl/α,β-unsaturated/α-hetero) is 1. The normalized spacial score (nSPS) is 10.1. The summed E-state index contributed by atoms with van der Waals surface area (Å²) in [6.07, 6.45) is 5.01. The first-order chi connectivity index (χ1) is 13.2. The number of aryl methyl sites for hydroxylation is 1. The summed E-state index contributed by atoms with van der Waals surface area (Å²) in [7, 11) is 0. The largest absolute Gasteiger partial charge is 0.396 e. The number of carbonyl (C=O) groups is 1. The molecule has 1 aromatic rings. The van der Waals surface area contributed by atoms with Crippen LogP contribution in [-0.4, -0.2) is 44.7 Å². The van der Waals surface area contributed by atoms with Crippen LogP contribution in [0, 0.1) is 5.92 Å². The molecular formula is C22H47N3O3. The predicted molar refractivity (Wildman–Crippen MR) is 119 cm³/mol. The minimum Gasteiger partial charge on any atom is -0.396 e. The van der Waals surface area contributed by atoms with Crippen LogP contribution in [0.15, 0.2) is 6.20 Å². The first-order valence-corrected chi connectivity index (χ1v) is 10.8. The van der Waals surface area contributed by atoms with E-state index in [1.165, 1.54) is 0 Å². The number of aliphatic hydroxyl groups is 1. The number of hydrogen-bond acceptors (Lipinski definition) is 5. The van der Waals surface area contributed by atoms with E-state index < -0.39 is 0 Å². The van der Waals surface area contributed by atoms with Crippen molar-refractivity contribution in [1.82, 2.24) is 15.0 Å². The second kappa shape index (κ2) is 20.5. The lowest BCUT2D eigenvalue weighted by Gasteiger charge is -2.25. The van der Waals surface area contributed by atoms with Gasteiger partial charge in [-0.15, -0.1) is 5.10 Å². The zero-order valence-electron chi connectivity index (χ0n) is 20.2. The smallest absolute Gasteiger partial charge is 0.130 e. The van der Waals surface area contributed by atoms with Gasteiger partial charge in [0.1, 0.15) is 5.78 Å². The van der Waals surface area contributed by atoms with Gasteiger partial charge in [-0.05, 0) is 46.0 Å². The maximum Gasteiger partial charge on any atom is 0.130 e. The second-order valence-electron chi connectivity index (χ2n) is 7.12. The SMILES string of the molecule is CC.CC.CC(=O)CCc1cn(CC(C)(C)OCCC(C)C)nn1.CCCO. The Labute approximate surface area is 174 Å². The maximum atomic E-state index is 11.0. The maximum absolute atomic E-state index is 11.0. The number of nitrogens with zero attached hydrogens (tertiary/aromatic N) is 3. The Hall–Kier alpha value is -1.27. The van der Waals surface area contributed by atoms with E-state index in [0.717, 1.165) is 25.1 Å². The number of aromatic nitrogens is 3. The van der Waals surface area contributed by atoms with E-state index in [1.54, 1.807) is 11.6 Å². The molecule has 0 atom stereocenters. The zero-order chi connectivity index (χ0) is 22.6. The van der Waals surface area contributed by atoms with Crippen molar-refractivity contribution in [2.75, 3.05) is 13.2 Å². The predicted octanol–water partition coefficient (Wildman–Crippen LogP) is 5.08. The molecule has 0 fully saturated rings. The van der Waals surface area contributed by atoms with Crippen LogP contribution >= 0.6 is 0 Å². The number of ether oxygens (including phenoxy) is 1. The second-order valence-corrected chi connectivity index (χ2v) is 7.12. The van der Waals surface area contributed by atoms with Crippen LogP contribution < -0.4 is 0 Å². The third-order valence-corrected chi connectivity index (χ3v) is 3.27. The van der Waals surface area contributed by atoms with Crippen molar-refractivity contribution in [3.05, 3.63) is 11.9 Å². The third-order valence-electron chi connectivity index (χ3n) is 3.27. The monoisotopic (exact) mass is 401 g/mol. The fourth-order valence-electron chi connectivity index (χ4n) is 1.84. The van der Waals surface area contributed by atoms with Gasteiger partial charge in [0.15, 0.2) is 0 Å². The molecule has 0 aliphatic heterocycles. The molecule has 0 saturated heterocycles. The summed E-state index contributed by atoms with van der Waals surface area (Å²) in [5, 5.41) is 16.1. The fourth-order valence-corrected chi connectivity index (χ4v) is 1.84. The van der Waals surface area contributed by atoms with E-state index in [2.05, 4.69) is 38.0 Å². The Morgan fingerprint density at radius 3 is 2.21 bits per heavy atom. The van der Waals surface area contributed by atoms with Crippen LogP contribution in [0.4, 0.5) is 0 Å². The zero-order valence-corrected chi connectivity index (χ0v) is 20.2. The average molecular weight is 402 g/mol. The molecule has 0 aliphatic rings. The summed E-state index contributed by atoms with van der Waals surface area (Å²) in [5.41, 5.74) is 0.596. The van der Waals surface area contributed by atoms with E-state index >= 15 is 0 Å². The van der Waals surface area contributed by atoms with Gasteiger partial charge in [-0.2, -0.15) is 0 Å². The van der Waals surface area contributed by atoms with Gasteiger partial charge in [-0.1, -0.05) is 53.7 Å². The van der Waals surface area contributed by atoms with Crippen LogP contribution in [0.3, 0.4) is 0 Å². The Morgan fingerprint density at radius 1 is 1.25 bits per heavy atom. The summed E-state index contributed by atoms with van der Waals surface area (Å²) in [4.78, 5) is 11.0. The van der Waals surface area contributed by atoms with Gasteiger partial charge in [0.25, 0.3) is 0 Å². The average Bonchev–Trinajstić information content (AvgIpc) is 3.09. The number of carbonyl (C=O) groups excluding carboxylic acids is 1. The molecule has 1 aromatic heterocycles. The molecule has 0 aliphatic carbocycles. The number of hydrogen-bond donors (Lipinski definition) is 1. The lowest BCUT2D eigenvalue weighted by molar-refractivity contribution is -0.117. The fraction of sp³-hybridized carbons (Fsp3) is 0.864. The molecule has 0 spiro atoms. The van der Waals surface area contributed by atoms with Crippen molar-refractivity contribution in [2.24, 2.45) is 5.92 Å². The van der Waals surface area contributed by atoms with Gasteiger partial charge in [0, 0.05) is 25.8 Å². The Bertz CT molecular complexity index is 456. The van der Waals surface area contributed by atoms with Crippen molar-refractivity contribution in [3.8, 4) is 0 Å². The molecule has 6 nitrogen and oxygen atoms in total. The molecule has 0 aromatic carbocycles. The molecule has 0 radical (unpaired) electrons. The van der Waals surface area contributed by atoms with Crippen LogP contribution in [0.5, 0.6) is 0 Å². The Morgan fingerprint density at radius 2 is 1.79 bits per heavy atom. The number of ketones is 1. The third kappa shape index (κ3) is 21.0. The number of aliphatic hydroxyl groups excluding tert-OH is 1. The lowest BCUT2D eigenvalue weighted by Crippen LogP contribution is -2.31. The van der Waals surface area contributed by atoms with Gasteiger partial charge >= 0.3 is 0 Å². The van der Waals surface area contributed by atoms with Crippen molar-refractivity contribution in [1.29, 1.82) is 0 Å². The van der Waals surface area contributed by atoms with E-state index in [0.29, 0.717) is 31.9 Å². The number of rotatable bonds is 10. The summed E-state index contributed by atoms with van der Waals surface area (Å²) in [5.74, 6) is 0.826. The molecule has 168 valence electrons. The molecule has 0 amide bonds. The van der Waals surface area contributed by atoms with Crippen LogP contribution in [0.2, 0.25) is 0 Å². The molecule has 1 rings (SSSR count). The van der Waals surface area contributed by atoms with E-state index in [9.17, 15) is 4.79 Å². The van der Waals surface area contributed by atoms with Crippen molar-refractivity contribution < 1.29 is 14.6 Å². The van der Waals surface area contributed by atoms with Crippen LogP contribution in [0.25, 0.3) is 0 Å². The lowest BCUT2D eigenvalue weighted by atomic mass is 10.1. The Balaban J connectivity index is -0.000000675. The van der Waals surface area contributed by atoms with Gasteiger partial charge in [-0.25, -0.2) is 4.68 Å². The van der Waals surface area contributed by atoms with E-state index in [-0.39, 0.29) is 11.4 Å². The summed E-state index contributed by atoms with van der Waals surface area (Å²) in [6, 6.07) is 0. The van der Waals surface area contributed by atoms with Gasteiger partial charge in [0.05, 0.1) is 17.8 Å². The highest BCUT2D eigenvalue weighted by atomic mass is 16.5. The van der Waals surface area contributed by atoms with Crippen molar-refractivity contribution >= 4 is 5.78 Å². The Kier molecular flexibility index (Phi) is 23.0. The van der Waals surface area contributed by atoms with Gasteiger partial charge < -0.3 is 14.6 Å².